The quantitative estimate of drug-likeness (QED) is 0.476. The lowest BCUT2D eigenvalue weighted by Crippen LogP contribution is -2.09. The molecule has 0 bridgehead atoms. The maximum atomic E-state index is 4.92. The minimum absolute atomic E-state index is 0.979. The van der Waals surface area contributed by atoms with Gasteiger partial charge in [-0.15, -0.1) is 0 Å². The summed E-state index contributed by atoms with van der Waals surface area (Å²) in [6.07, 6.45) is 3.38. The Labute approximate surface area is 140 Å². The van der Waals surface area contributed by atoms with E-state index in [2.05, 4.69) is 82.9 Å². The summed E-state index contributed by atoms with van der Waals surface area (Å²) in [4.78, 5) is 2.23. The second kappa shape index (κ2) is 6.42. The van der Waals surface area contributed by atoms with E-state index in [1.54, 1.807) is 12.5 Å². The van der Waals surface area contributed by atoms with Crippen molar-refractivity contribution in [1.82, 2.24) is 5.16 Å². The molecule has 3 heteroatoms. The molecule has 1 heterocycles. The van der Waals surface area contributed by atoms with Crippen LogP contribution in [0.2, 0.25) is 0 Å². The van der Waals surface area contributed by atoms with Crippen molar-refractivity contribution in [3.05, 3.63) is 97.4 Å². The second-order valence-corrected chi connectivity index (χ2v) is 5.47. The summed E-state index contributed by atoms with van der Waals surface area (Å²) < 4.78 is 4.92. The van der Waals surface area contributed by atoms with Crippen molar-refractivity contribution < 1.29 is 4.52 Å². The van der Waals surface area contributed by atoms with Crippen LogP contribution >= 0.6 is 0 Å². The van der Waals surface area contributed by atoms with E-state index < -0.39 is 0 Å². The van der Waals surface area contributed by atoms with Crippen molar-refractivity contribution in [1.29, 1.82) is 0 Å². The van der Waals surface area contributed by atoms with Crippen LogP contribution in [0.5, 0.6) is 0 Å². The maximum absolute atomic E-state index is 4.92. The van der Waals surface area contributed by atoms with Gasteiger partial charge in [0, 0.05) is 22.6 Å². The Morgan fingerprint density at radius 2 is 1.12 bits per heavy atom. The molecule has 0 aliphatic rings. The normalized spacial score (nSPS) is 10.5. The van der Waals surface area contributed by atoms with Crippen molar-refractivity contribution >= 4 is 17.1 Å². The molecule has 24 heavy (non-hydrogen) atoms. The van der Waals surface area contributed by atoms with Crippen LogP contribution in [0.15, 0.2) is 102 Å². The van der Waals surface area contributed by atoms with E-state index in [-0.39, 0.29) is 0 Å². The SMILES string of the molecule is c1ccc(N(c2ccccc2)c2ccc(-c3cnoc3)cc2)cc1. The van der Waals surface area contributed by atoms with E-state index >= 15 is 0 Å². The fourth-order valence-corrected chi connectivity index (χ4v) is 2.75. The van der Waals surface area contributed by atoms with Gasteiger partial charge in [0.1, 0.15) is 6.26 Å². The zero-order valence-corrected chi connectivity index (χ0v) is 13.0. The first-order valence-electron chi connectivity index (χ1n) is 7.82. The zero-order valence-electron chi connectivity index (χ0n) is 13.0. The molecule has 3 aromatic carbocycles. The molecule has 1 aromatic heterocycles. The number of para-hydroxylation sites is 2. The minimum Gasteiger partial charge on any atom is -0.364 e. The van der Waals surface area contributed by atoms with E-state index in [9.17, 15) is 0 Å². The van der Waals surface area contributed by atoms with Gasteiger partial charge in [0.25, 0.3) is 0 Å². The van der Waals surface area contributed by atoms with Crippen LogP contribution in [-0.2, 0) is 0 Å². The Hall–Kier alpha value is -3.33. The number of rotatable bonds is 4. The lowest BCUT2D eigenvalue weighted by atomic mass is 10.1. The third-order valence-electron chi connectivity index (χ3n) is 3.92. The van der Waals surface area contributed by atoms with Gasteiger partial charge in [-0.3, -0.25) is 0 Å². The Morgan fingerprint density at radius 1 is 0.583 bits per heavy atom. The van der Waals surface area contributed by atoms with Gasteiger partial charge in [-0.25, -0.2) is 0 Å². The van der Waals surface area contributed by atoms with Gasteiger partial charge in [0.15, 0.2) is 0 Å². The smallest absolute Gasteiger partial charge is 0.131 e. The highest BCUT2D eigenvalue weighted by atomic mass is 16.5. The summed E-state index contributed by atoms with van der Waals surface area (Å²) in [5.41, 5.74) is 5.42. The van der Waals surface area contributed by atoms with Gasteiger partial charge in [-0.2, -0.15) is 0 Å². The molecular weight excluding hydrogens is 296 g/mol. The van der Waals surface area contributed by atoms with Crippen molar-refractivity contribution in [3.63, 3.8) is 0 Å². The van der Waals surface area contributed by atoms with E-state index in [1.165, 1.54) is 0 Å². The fraction of sp³-hybridized carbons (Fsp3) is 0. The molecule has 3 nitrogen and oxygen atoms in total. The summed E-state index contributed by atoms with van der Waals surface area (Å²) in [6.45, 7) is 0. The van der Waals surface area contributed by atoms with Gasteiger partial charge in [-0.1, -0.05) is 53.7 Å². The predicted molar refractivity (Wildman–Crippen MR) is 96.6 cm³/mol. The molecule has 0 amide bonds. The fourth-order valence-electron chi connectivity index (χ4n) is 2.75. The molecule has 0 aliphatic carbocycles. The Bertz CT molecular complexity index is 846. The van der Waals surface area contributed by atoms with Gasteiger partial charge in [-0.05, 0) is 42.0 Å². The number of hydrogen-bond donors (Lipinski definition) is 0. The first kappa shape index (κ1) is 14.3. The van der Waals surface area contributed by atoms with Crippen LogP contribution in [0.1, 0.15) is 0 Å². The summed E-state index contributed by atoms with van der Waals surface area (Å²) in [6, 6.07) is 29.1. The summed E-state index contributed by atoms with van der Waals surface area (Å²) >= 11 is 0. The van der Waals surface area contributed by atoms with Crippen molar-refractivity contribution in [2.24, 2.45) is 0 Å². The van der Waals surface area contributed by atoms with Gasteiger partial charge >= 0.3 is 0 Å². The highest BCUT2D eigenvalue weighted by molar-refractivity contribution is 5.77. The number of hydrogen-bond acceptors (Lipinski definition) is 3. The zero-order chi connectivity index (χ0) is 16.2. The molecule has 0 radical (unpaired) electrons. The van der Waals surface area contributed by atoms with Gasteiger partial charge in [0.05, 0.1) is 6.20 Å². The van der Waals surface area contributed by atoms with Gasteiger partial charge in [0.2, 0.25) is 0 Å². The molecule has 0 atom stereocenters. The summed E-state index contributed by atoms with van der Waals surface area (Å²) in [7, 11) is 0. The number of anilines is 3. The van der Waals surface area contributed by atoms with Crippen LogP contribution in [0.3, 0.4) is 0 Å². The number of aromatic nitrogens is 1. The van der Waals surface area contributed by atoms with Crippen LogP contribution in [0, 0.1) is 0 Å². The van der Waals surface area contributed by atoms with E-state index in [1.807, 2.05) is 12.1 Å². The van der Waals surface area contributed by atoms with Crippen molar-refractivity contribution in [2.45, 2.75) is 0 Å². The topological polar surface area (TPSA) is 29.3 Å². The lowest BCUT2D eigenvalue weighted by Gasteiger charge is -2.25. The molecule has 116 valence electrons. The summed E-state index contributed by atoms with van der Waals surface area (Å²) in [5, 5.41) is 3.77. The van der Waals surface area contributed by atoms with Crippen LogP contribution < -0.4 is 4.90 Å². The van der Waals surface area contributed by atoms with Gasteiger partial charge < -0.3 is 9.42 Å². The molecule has 4 rings (SSSR count). The third kappa shape index (κ3) is 2.79. The average molecular weight is 312 g/mol. The standard InChI is InChI=1S/C21H16N2O/c1-3-7-19(8-4-1)23(20-9-5-2-6-10-20)21-13-11-17(12-14-21)18-15-22-24-16-18/h1-16H. The molecule has 0 saturated heterocycles. The predicted octanol–water partition coefficient (Wildman–Crippen LogP) is 5.81. The van der Waals surface area contributed by atoms with E-state index in [0.717, 1.165) is 28.2 Å². The molecule has 0 unspecified atom stereocenters. The molecule has 0 aliphatic heterocycles. The molecule has 0 fully saturated rings. The number of nitrogens with zero attached hydrogens (tertiary/aromatic N) is 2. The van der Waals surface area contributed by atoms with Crippen LogP contribution in [-0.4, -0.2) is 5.16 Å². The molecule has 4 aromatic rings. The van der Waals surface area contributed by atoms with Crippen LogP contribution in [0.4, 0.5) is 17.1 Å². The van der Waals surface area contributed by atoms with Crippen molar-refractivity contribution in [2.75, 3.05) is 4.90 Å². The Kier molecular flexibility index (Phi) is 3.82. The molecule has 0 spiro atoms. The lowest BCUT2D eigenvalue weighted by molar-refractivity contribution is 0.420. The first-order chi connectivity index (χ1) is 11.9. The number of benzene rings is 3. The average Bonchev–Trinajstić information content (AvgIpc) is 3.19. The minimum atomic E-state index is 0.979. The Morgan fingerprint density at radius 3 is 1.62 bits per heavy atom. The van der Waals surface area contributed by atoms with E-state index in [4.69, 9.17) is 4.52 Å². The maximum Gasteiger partial charge on any atom is 0.131 e. The highest BCUT2D eigenvalue weighted by Gasteiger charge is 2.11. The summed E-state index contributed by atoms with van der Waals surface area (Å²) in [5.74, 6) is 0. The third-order valence-corrected chi connectivity index (χ3v) is 3.92. The monoisotopic (exact) mass is 312 g/mol. The molecule has 0 N–H and O–H groups in total. The molecule has 0 saturated carbocycles. The Balaban J connectivity index is 1.77. The van der Waals surface area contributed by atoms with Crippen LogP contribution in [0.25, 0.3) is 11.1 Å². The second-order valence-electron chi connectivity index (χ2n) is 5.47. The largest absolute Gasteiger partial charge is 0.364 e. The first-order valence-corrected chi connectivity index (χ1v) is 7.82. The highest BCUT2D eigenvalue weighted by Crippen LogP contribution is 2.35. The van der Waals surface area contributed by atoms with Crippen molar-refractivity contribution in [3.8, 4) is 11.1 Å². The van der Waals surface area contributed by atoms with E-state index in [0.29, 0.717) is 0 Å². The molecular formula is C21H16N2O.